The first-order valence-corrected chi connectivity index (χ1v) is 10.6. The maximum absolute atomic E-state index is 12.9. The molecule has 1 N–H and O–H groups in total. The van der Waals surface area contributed by atoms with E-state index in [0.717, 1.165) is 56.2 Å². The second kappa shape index (κ2) is 6.96. The molecule has 1 aliphatic rings. The Bertz CT molecular complexity index is 1280. The van der Waals surface area contributed by atoms with Crippen molar-refractivity contribution in [1.82, 2.24) is 19.1 Å². The highest BCUT2D eigenvalue weighted by molar-refractivity contribution is 7.18. The topological polar surface area (TPSA) is 74.0 Å². The van der Waals surface area contributed by atoms with Crippen LogP contribution in [0.5, 0.6) is 0 Å². The van der Waals surface area contributed by atoms with E-state index in [4.69, 9.17) is 4.74 Å². The smallest absolute Gasteiger partial charge is 0.329 e. The van der Waals surface area contributed by atoms with E-state index in [0.29, 0.717) is 13.2 Å². The third kappa shape index (κ3) is 3.12. The monoisotopic (exact) mass is 409 g/mol. The number of nitrogens with zero attached hydrogens (tertiary/aromatic N) is 4. The van der Waals surface area contributed by atoms with Crippen molar-refractivity contribution in [2.24, 2.45) is 7.05 Å². The Morgan fingerprint density at radius 1 is 1.17 bits per heavy atom. The van der Waals surface area contributed by atoms with Gasteiger partial charge in [-0.2, -0.15) is 0 Å². The Balaban J connectivity index is 1.57. The molecular formula is C21H23N5O2S. The average molecular weight is 410 g/mol. The van der Waals surface area contributed by atoms with Gasteiger partial charge in [0.25, 0.3) is 0 Å². The summed E-state index contributed by atoms with van der Waals surface area (Å²) in [6.45, 7) is 5.47. The van der Waals surface area contributed by atoms with E-state index in [9.17, 15) is 4.79 Å². The molecule has 7 nitrogen and oxygen atoms in total. The SMILES string of the molecule is Cc1nc2cc(C)c(Nc3cc4c(cn3)n(C)c(=O)n4C3CCOCC3)cc2s1. The van der Waals surface area contributed by atoms with Crippen molar-refractivity contribution in [1.29, 1.82) is 0 Å². The summed E-state index contributed by atoms with van der Waals surface area (Å²) in [7, 11) is 1.81. The molecule has 0 radical (unpaired) electrons. The van der Waals surface area contributed by atoms with Gasteiger partial charge in [-0.25, -0.2) is 14.8 Å². The van der Waals surface area contributed by atoms with Gasteiger partial charge in [-0.3, -0.25) is 9.13 Å². The van der Waals surface area contributed by atoms with Gasteiger partial charge in [-0.1, -0.05) is 0 Å². The number of fused-ring (bicyclic) bond motifs is 2. The number of pyridine rings is 1. The van der Waals surface area contributed by atoms with Crippen LogP contribution in [0.2, 0.25) is 0 Å². The Morgan fingerprint density at radius 3 is 2.76 bits per heavy atom. The molecule has 0 spiro atoms. The zero-order valence-electron chi connectivity index (χ0n) is 16.7. The van der Waals surface area contributed by atoms with E-state index < -0.39 is 0 Å². The summed E-state index contributed by atoms with van der Waals surface area (Å²) in [6.07, 6.45) is 3.48. The van der Waals surface area contributed by atoms with Crippen molar-refractivity contribution in [2.45, 2.75) is 32.7 Å². The molecule has 4 heterocycles. The number of aromatic nitrogens is 4. The van der Waals surface area contributed by atoms with Gasteiger partial charge in [0.15, 0.2) is 0 Å². The molecule has 4 aromatic rings. The number of thiazole rings is 1. The summed E-state index contributed by atoms with van der Waals surface area (Å²) in [4.78, 5) is 22.0. The molecule has 8 heteroatoms. The van der Waals surface area contributed by atoms with Crippen molar-refractivity contribution in [3.8, 4) is 0 Å². The Hall–Kier alpha value is -2.71. The van der Waals surface area contributed by atoms with Gasteiger partial charge in [0.1, 0.15) is 5.82 Å². The number of nitrogens with one attached hydrogen (secondary N) is 1. The molecule has 0 amide bonds. The van der Waals surface area contributed by atoms with Crippen molar-refractivity contribution in [2.75, 3.05) is 18.5 Å². The van der Waals surface area contributed by atoms with E-state index in [-0.39, 0.29) is 11.7 Å². The van der Waals surface area contributed by atoms with Crippen molar-refractivity contribution in [3.63, 3.8) is 0 Å². The van der Waals surface area contributed by atoms with Crippen molar-refractivity contribution < 1.29 is 4.74 Å². The van der Waals surface area contributed by atoms with Crippen LogP contribution in [0.25, 0.3) is 21.3 Å². The largest absolute Gasteiger partial charge is 0.381 e. The summed E-state index contributed by atoms with van der Waals surface area (Å²) in [5.41, 5.74) is 4.90. The van der Waals surface area contributed by atoms with Gasteiger partial charge < -0.3 is 10.1 Å². The van der Waals surface area contributed by atoms with Crippen LogP contribution >= 0.6 is 11.3 Å². The molecule has 0 saturated carbocycles. The molecule has 0 bridgehead atoms. The van der Waals surface area contributed by atoms with E-state index in [1.807, 2.05) is 17.6 Å². The van der Waals surface area contributed by atoms with Gasteiger partial charge in [0.05, 0.1) is 32.5 Å². The van der Waals surface area contributed by atoms with Gasteiger partial charge in [-0.05, 0) is 44.4 Å². The highest BCUT2D eigenvalue weighted by atomic mass is 32.1. The van der Waals surface area contributed by atoms with E-state index in [1.165, 1.54) is 0 Å². The normalized spacial score (nSPS) is 15.4. The van der Waals surface area contributed by atoms with E-state index >= 15 is 0 Å². The second-order valence-corrected chi connectivity index (χ2v) is 8.84. The number of ether oxygens (including phenoxy) is 1. The highest BCUT2D eigenvalue weighted by Gasteiger charge is 2.22. The van der Waals surface area contributed by atoms with Crippen LogP contribution in [0.15, 0.2) is 29.2 Å². The zero-order valence-corrected chi connectivity index (χ0v) is 17.5. The second-order valence-electron chi connectivity index (χ2n) is 7.61. The Morgan fingerprint density at radius 2 is 1.97 bits per heavy atom. The Kier molecular flexibility index (Phi) is 4.40. The minimum absolute atomic E-state index is 0.00332. The molecule has 0 unspecified atom stereocenters. The molecule has 1 saturated heterocycles. The minimum atomic E-state index is 0.00332. The maximum atomic E-state index is 12.9. The molecule has 3 aromatic heterocycles. The lowest BCUT2D eigenvalue weighted by Gasteiger charge is -2.23. The summed E-state index contributed by atoms with van der Waals surface area (Å²) in [5, 5.41) is 4.50. The number of hydrogen-bond acceptors (Lipinski definition) is 6. The average Bonchev–Trinajstić information content (AvgIpc) is 3.18. The predicted molar refractivity (Wildman–Crippen MR) is 116 cm³/mol. The molecule has 1 fully saturated rings. The van der Waals surface area contributed by atoms with Gasteiger partial charge in [0, 0.05) is 38.1 Å². The van der Waals surface area contributed by atoms with Crippen LogP contribution < -0.4 is 11.0 Å². The number of rotatable bonds is 3. The molecule has 0 aliphatic carbocycles. The molecule has 0 atom stereocenters. The van der Waals surface area contributed by atoms with E-state index in [1.54, 1.807) is 29.1 Å². The molecule has 1 aromatic carbocycles. The standard InChI is InChI=1S/C21H23N5O2S/c1-12-8-16-19(29-13(2)23-16)9-15(12)24-20-10-17-18(11-22-20)25(3)21(27)26(17)14-4-6-28-7-5-14/h8-11,14H,4-7H2,1-3H3,(H,22,24). The fourth-order valence-corrected chi connectivity index (χ4v) is 4.94. The van der Waals surface area contributed by atoms with Gasteiger partial charge >= 0.3 is 5.69 Å². The number of anilines is 2. The minimum Gasteiger partial charge on any atom is -0.381 e. The lowest BCUT2D eigenvalue weighted by Crippen LogP contribution is -2.29. The summed E-state index contributed by atoms with van der Waals surface area (Å²) >= 11 is 1.68. The van der Waals surface area contributed by atoms with Crippen LogP contribution in [-0.2, 0) is 11.8 Å². The predicted octanol–water partition coefficient (Wildman–Crippen LogP) is 4.06. The summed E-state index contributed by atoms with van der Waals surface area (Å²) in [5.74, 6) is 0.729. The van der Waals surface area contributed by atoms with Crippen LogP contribution in [0, 0.1) is 13.8 Å². The molecule has 29 heavy (non-hydrogen) atoms. The summed E-state index contributed by atoms with van der Waals surface area (Å²) < 4.78 is 10.2. The molecule has 1 aliphatic heterocycles. The third-order valence-corrected chi connectivity index (χ3v) is 6.57. The molecular weight excluding hydrogens is 386 g/mol. The highest BCUT2D eigenvalue weighted by Crippen LogP contribution is 2.31. The fourth-order valence-electron chi connectivity index (χ4n) is 4.09. The quantitative estimate of drug-likeness (QED) is 0.552. The van der Waals surface area contributed by atoms with Crippen LogP contribution in [0.1, 0.15) is 29.5 Å². The van der Waals surface area contributed by atoms with E-state index in [2.05, 4.69) is 34.3 Å². The number of imidazole rings is 1. The van der Waals surface area contributed by atoms with Crippen LogP contribution in [0.4, 0.5) is 11.5 Å². The van der Waals surface area contributed by atoms with Crippen molar-refractivity contribution in [3.05, 3.63) is 45.5 Å². The Labute approximate surface area is 172 Å². The first-order valence-electron chi connectivity index (χ1n) is 9.81. The van der Waals surface area contributed by atoms with Crippen LogP contribution in [-0.4, -0.2) is 32.3 Å². The third-order valence-electron chi connectivity index (χ3n) is 5.64. The summed E-state index contributed by atoms with van der Waals surface area (Å²) in [6, 6.07) is 6.36. The maximum Gasteiger partial charge on any atom is 0.329 e. The fraction of sp³-hybridized carbons (Fsp3) is 0.381. The number of benzene rings is 1. The first kappa shape index (κ1) is 18.3. The lowest BCUT2D eigenvalue weighted by molar-refractivity contribution is 0.0696. The molecule has 5 rings (SSSR count). The number of hydrogen-bond donors (Lipinski definition) is 1. The molecule has 150 valence electrons. The van der Waals surface area contributed by atoms with Crippen LogP contribution in [0.3, 0.4) is 0 Å². The van der Waals surface area contributed by atoms with Crippen molar-refractivity contribution >= 4 is 44.1 Å². The first-order chi connectivity index (χ1) is 14.0. The number of aryl methyl sites for hydroxylation is 3. The van der Waals surface area contributed by atoms with Gasteiger partial charge in [0.2, 0.25) is 0 Å². The van der Waals surface area contributed by atoms with Gasteiger partial charge in [-0.15, -0.1) is 11.3 Å². The zero-order chi connectivity index (χ0) is 20.1. The lowest BCUT2D eigenvalue weighted by atomic mass is 10.1.